The summed E-state index contributed by atoms with van der Waals surface area (Å²) in [7, 11) is 1.57. The number of benzene rings is 1. The topological polar surface area (TPSA) is 102 Å². The number of carbonyl (C=O) groups excluding carboxylic acids is 1. The molecule has 0 spiro atoms. The van der Waals surface area contributed by atoms with E-state index < -0.39 is 23.9 Å². The molecule has 8 heteroatoms. The molecule has 1 aromatic heterocycles. The minimum Gasteiger partial charge on any atom is -0.478 e. The van der Waals surface area contributed by atoms with Gasteiger partial charge in [0, 0.05) is 13.1 Å². The average Bonchev–Trinajstić information content (AvgIpc) is 2.91. The molecule has 3 rings (SSSR count). The molecule has 1 fully saturated rings. The third-order valence-corrected chi connectivity index (χ3v) is 3.17. The van der Waals surface area contributed by atoms with Gasteiger partial charge in [0.15, 0.2) is 5.58 Å². The maximum Gasteiger partial charge on any atom is 0.419 e. The highest BCUT2D eigenvalue weighted by molar-refractivity contribution is 5.95. The monoisotopic (exact) mass is 278 g/mol. The lowest BCUT2D eigenvalue weighted by Crippen LogP contribution is -2.27. The Labute approximate surface area is 111 Å². The van der Waals surface area contributed by atoms with Gasteiger partial charge in [-0.15, -0.1) is 0 Å². The van der Waals surface area contributed by atoms with Crippen LogP contribution in [-0.4, -0.2) is 34.4 Å². The molecule has 0 radical (unpaired) electrons. The zero-order valence-electron chi connectivity index (χ0n) is 10.4. The van der Waals surface area contributed by atoms with Gasteiger partial charge in [0.05, 0.1) is 17.7 Å². The number of anilines is 1. The Morgan fingerprint density at radius 1 is 1.40 bits per heavy atom. The van der Waals surface area contributed by atoms with Gasteiger partial charge in [-0.25, -0.2) is 14.4 Å². The van der Waals surface area contributed by atoms with Crippen molar-refractivity contribution in [3.63, 3.8) is 0 Å². The first-order chi connectivity index (χ1) is 9.47. The van der Waals surface area contributed by atoms with Gasteiger partial charge in [-0.3, -0.25) is 9.47 Å². The van der Waals surface area contributed by atoms with Crippen molar-refractivity contribution in [2.24, 2.45) is 7.05 Å². The normalized spacial score (nSPS) is 18.6. The molecule has 1 amide bonds. The summed E-state index contributed by atoms with van der Waals surface area (Å²) >= 11 is 0. The lowest BCUT2D eigenvalue weighted by Gasteiger charge is -2.11. The predicted octanol–water partition coefficient (Wildman–Crippen LogP) is 0.541. The Bertz CT molecular complexity index is 774. The molecule has 0 unspecified atom stereocenters. The number of carbonyl (C=O) groups is 2. The molecule has 0 bridgehead atoms. The molecule has 2 aromatic rings. The number of aromatic nitrogens is 1. The second-order valence-corrected chi connectivity index (χ2v) is 4.40. The molecule has 1 N–H and O–H groups in total. The Kier molecular flexibility index (Phi) is 2.53. The van der Waals surface area contributed by atoms with E-state index in [1.165, 1.54) is 15.5 Å². The number of amides is 1. The van der Waals surface area contributed by atoms with Gasteiger partial charge in [0.25, 0.3) is 0 Å². The van der Waals surface area contributed by atoms with Crippen molar-refractivity contribution in [2.75, 3.05) is 11.4 Å². The molecule has 1 aliphatic rings. The van der Waals surface area contributed by atoms with Crippen LogP contribution in [0.4, 0.5) is 10.5 Å². The van der Waals surface area contributed by atoms with Crippen LogP contribution in [0.3, 0.4) is 0 Å². The van der Waals surface area contributed by atoms with Crippen LogP contribution < -0.4 is 10.7 Å². The second kappa shape index (κ2) is 4.12. The SMILES string of the molecule is Cn1c(=O)oc2cc(N3C[C@H](C(=O)O)OC3=O)ccc21. The molecule has 0 saturated carbocycles. The Morgan fingerprint density at radius 3 is 2.80 bits per heavy atom. The molecule has 8 nitrogen and oxygen atoms in total. The molecule has 0 aliphatic carbocycles. The quantitative estimate of drug-likeness (QED) is 0.860. The fraction of sp³-hybridized carbons (Fsp3) is 0.250. The summed E-state index contributed by atoms with van der Waals surface area (Å²) in [4.78, 5) is 35.0. The number of fused-ring (bicyclic) bond motifs is 1. The van der Waals surface area contributed by atoms with Crippen molar-refractivity contribution in [1.82, 2.24) is 4.57 Å². The Hall–Kier alpha value is -2.77. The largest absolute Gasteiger partial charge is 0.478 e. The van der Waals surface area contributed by atoms with Gasteiger partial charge in [-0.1, -0.05) is 0 Å². The van der Waals surface area contributed by atoms with Gasteiger partial charge in [-0.05, 0) is 12.1 Å². The van der Waals surface area contributed by atoms with Crippen molar-refractivity contribution in [3.05, 3.63) is 28.7 Å². The summed E-state index contributed by atoms with van der Waals surface area (Å²) in [5, 5.41) is 8.84. The minimum absolute atomic E-state index is 0.0866. The van der Waals surface area contributed by atoms with Crippen LogP contribution >= 0.6 is 0 Å². The average molecular weight is 278 g/mol. The van der Waals surface area contributed by atoms with Gasteiger partial charge < -0.3 is 14.3 Å². The zero-order valence-corrected chi connectivity index (χ0v) is 10.4. The van der Waals surface area contributed by atoms with Gasteiger partial charge in [0.1, 0.15) is 0 Å². The molecule has 20 heavy (non-hydrogen) atoms. The molecule has 1 saturated heterocycles. The van der Waals surface area contributed by atoms with Crippen molar-refractivity contribution >= 4 is 28.8 Å². The first-order valence-corrected chi connectivity index (χ1v) is 5.78. The van der Waals surface area contributed by atoms with Gasteiger partial charge in [0.2, 0.25) is 6.10 Å². The van der Waals surface area contributed by atoms with E-state index in [1.807, 2.05) is 0 Å². The molecule has 104 valence electrons. The van der Waals surface area contributed by atoms with Crippen molar-refractivity contribution in [2.45, 2.75) is 6.10 Å². The summed E-state index contributed by atoms with van der Waals surface area (Å²) in [6.07, 6.45) is -1.93. The third-order valence-electron chi connectivity index (χ3n) is 3.17. The predicted molar refractivity (Wildman–Crippen MR) is 66.7 cm³/mol. The molecule has 1 atom stereocenters. The number of nitrogens with zero attached hydrogens (tertiary/aromatic N) is 2. The van der Waals surface area contributed by atoms with E-state index in [2.05, 4.69) is 0 Å². The van der Waals surface area contributed by atoms with Crippen molar-refractivity contribution in [3.8, 4) is 0 Å². The molecular formula is C12H10N2O6. The fourth-order valence-electron chi connectivity index (χ4n) is 2.09. The minimum atomic E-state index is -1.20. The summed E-state index contributed by atoms with van der Waals surface area (Å²) in [5.41, 5.74) is 1.32. The number of cyclic esters (lactones) is 1. The number of aliphatic carboxylic acids is 1. The molecule has 1 aromatic carbocycles. The van der Waals surface area contributed by atoms with E-state index in [1.54, 1.807) is 19.2 Å². The standard InChI is InChI=1S/C12H10N2O6/c1-13-7-3-2-6(4-8(7)19-11(13)17)14-5-9(10(15)16)20-12(14)18/h2-4,9H,5H2,1H3,(H,15,16)/t9-/m1/s1. The van der Waals surface area contributed by atoms with Gasteiger partial charge in [-0.2, -0.15) is 0 Å². The Balaban J connectivity index is 2.01. The highest BCUT2D eigenvalue weighted by Gasteiger charge is 2.37. The van der Waals surface area contributed by atoms with Crippen LogP contribution in [-0.2, 0) is 16.6 Å². The first-order valence-electron chi connectivity index (χ1n) is 5.78. The number of aryl methyl sites for hydroxylation is 1. The van der Waals surface area contributed by atoms with Crippen LogP contribution in [0.5, 0.6) is 0 Å². The number of hydrogen-bond donors (Lipinski definition) is 1. The molecular weight excluding hydrogens is 268 g/mol. The van der Waals surface area contributed by atoms with E-state index in [-0.39, 0.29) is 6.54 Å². The van der Waals surface area contributed by atoms with Crippen molar-refractivity contribution in [1.29, 1.82) is 0 Å². The zero-order chi connectivity index (χ0) is 14.4. The number of oxazole rings is 1. The smallest absolute Gasteiger partial charge is 0.419 e. The molecule has 2 heterocycles. The fourth-order valence-corrected chi connectivity index (χ4v) is 2.09. The molecule has 1 aliphatic heterocycles. The highest BCUT2D eigenvalue weighted by atomic mass is 16.6. The maximum absolute atomic E-state index is 11.6. The lowest BCUT2D eigenvalue weighted by atomic mass is 10.2. The van der Waals surface area contributed by atoms with Crippen LogP contribution in [0.25, 0.3) is 11.1 Å². The highest BCUT2D eigenvalue weighted by Crippen LogP contribution is 2.25. The van der Waals surface area contributed by atoms with Crippen LogP contribution in [0, 0.1) is 0 Å². The summed E-state index contributed by atoms with van der Waals surface area (Å²) in [6.45, 7) is -0.0866. The van der Waals surface area contributed by atoms with Crippen molar-refractivity contribution < 1.29 is 23.8 Å². The Morgan fingerprint density at radius 2 is 2.15 bits per heavy atom. The summed E-state index contributed by atoms with van der Waals surface area (Å²) in [6, 6.07) is 4.72. The first kappa shape index (κ1) is 12.3. The lowest BCUT2D eigenvalue weighted by molar-refractivity contribution is -0.144. The third kappa shape index (κ3) is 1.73. The summed E-state index contributed by atoms with van der Waals surface area (Å²) < 4.78 is 11.1. The van der Waals surface area contributed by atoms with Crippen LogP contribution in [0.1, 0.15) is 0 Å². The van der Waals surface area contributed by atoms with E-state index in [0.29, 0.717) is 16.8 Å². The van der Waals surface area contributed by atoms with E-state index >= 15 is 0 Å². The van der Waals surface area contributed by atoms with E-state index in [4.69, 9.17) is 14.3 Å². The van der Waals surface area contributed by atoms with E-state index in [9.17, 15) is 14.4 Å². The van der Waals surface area contributed by atoms with Gasteiger partial charge >= 0.3 is 17.8 Å². The summed E-state index contributed by atoms with van der Waals surface area (Å²) in [5.74, 6) is -1.71. The number of ether oxygens (including phenoxy) is 1. The van der Waals surface area contributed by atoms with E-state index in [0.717, 1.165) is 0 Å². The number of carboxylic acids is 1. The van der Waals surface area contributed by atoms with Crippen LogP contribution in [0.15, 0.2) is 27.4 Å². The number of carboxylic acid groups (broad SMARTS) is 1. The van der Waals surface area contributed by atoms with Crippen LogP contribution in [0.2, 0.25) is 0 Å². The number of rotatable bonds is 2. The maximum atomic E-state index is 11.6. The second-order valence-electron chi connectivity index (χ2n) is 4.40. The number of hydrogen-bond acceptors (Lipinski definition) is 5.